The number of anilines is 1. The first-order chi connectivity index (χ1) is 10.4. The van der Waals surface area contributed by atoms with Crippen LogP contribution in [0.4, 0.5) is 5.69 Å². The van der Waals surface area contributed by atoms with Gasteiger partial charge in [-0.1, -0.05) is 41.9 Å². The van der Waals surface area contributed by atoms with Gasteiger partial charge in [-0.2, -0.15) is 0 Å². The van der Waals surface area contributed by atoms with Crippen LogP contribution in [-0.4, -0.2) is 23.8 Å². The van der Waals surface area contributed by atoms with Gasteiger partial charge >= 0.3 is 0 Å². The van der Waals surface area contributed by atoms with Gasteiger partial charge in [-0.3, -0.25) is 9.59 Å². The summed E-state index contributed by atoms with van der Waals surface area (Å²) in [4.78, 5) is 26.3. The molecule has 1 atom stereocenters. The van der Waals surface area contributed by atoms with E-state index in [2.05, 4.69) is 0 Å². The highest BCUT2D eigenvalue weighted by Crippen LogP contribution is 2.42. The molecule has 0 bridgehead atoms. The van der Waals surface area contributed by atoms with Gasteiger partial charge in [-0.25, -0.2) is 0 Å². The van der Waals surface area contributed by atoms with Crippen LogP contribution in [0.25, 0.3) is 0 Å². The van der Waals surface area contributed by atoms with Crippen molar-refractivity contribution in [1.29, 1.82) is 0 Å². The third-order valence-electron chi connectivity index (χ3n) is 3.96. The molecular formula is C17H14ClNO3. The molecule has 0 aliphatic carbocycles. The van der Waals surface area contributed by atoms with Crippen molar-refractivity contribution in [3.8, 4) is 0 Å². The number of hydrogen-bond acceptors (Lipinski definition) is 3. The smallest absolute Gasteiger partial charge is 0.263 e. The topological polar surface area (TPSA) is 57.6 Å². The predicted molar refractivity (Wildman–Crippen MR) is 84.1 cm³/mol. The second-order valence-corrected chi connectivity index (χ2v) is 5.73. The molecule has 0 saturated carbocycles. The van der Waals surface area contributed by atoms with Crippen molar-refractivity contribution in [3.63, 3.8) is 0 Å². The normalized spacial score (nSPS) is 20.1. The van der Waals surface area contributed by atoms with Crippen LogP contribution in [-0.2, 0) is 10.4 Å². The van der Waals surface area contributed by atoms with Crippen molar-refractivity contribution in [1.82, 2.24) is 0 Å². The maximum atomic E-state index is 12.5. The number of amides is 1. The molecule has 1 aliphatic rings. The van der Waals surface area contributed by atoms with E-state index in [1.54, 1.807) is 55.6 Å². The van der Waals surface area contributed by atoms with Crippen LogP contribution in [0.15, 0.2) is 48.5 Å². The van der Waals surface area contributed by atoms with Gasteiger partial charge in [0.1, 0.15) is 0 Å². The zero-order chi connectivity index (χ0) is 15.9. The molecule has 1 unspecified atom stereocenters. The maximum Gasteiger partial charge on any atom is 0.263 e. The monoisotopic (exact) mass is 315 g/mol. The fraction of sp³-hybridized carbons (Fsp3) is 0.176. The Kier molecular flexibility index (Phi) is 3.51. The predicted octanol–water partition coefficient (Wildman–Crippen LogP) is 2.78. The van der Waals surface area contributed by atoms with E-state index < -0.39 is 11.5 Å². The first-order valence-corrected chi connectivity index (χ1v) is 7.21. The minimum Gasteiger partial charge on any atom is -0.375 e. The third-order valence-corrected chi connectivity index (χ3v) is 4.29. The molecular weight excluding hydrogens is 302 g/mol. The van der Waals surface area contributed by atoms with Gasteiger partial charge in [-0.05, 0) is 18.2 Å². The molecule has 2 aromatic carbocycles. The van der Waals surface area contributed by atoms with Crippen LogP contribution >= 0.6 is 11.6 Å². The summed E-state index contributed by atoms with van der Waals surface area (Å²) in [6.45, 7) is 0. The number of benzene rings is 2. The minimum atomic E-state index is -1.85. The molecule has 0 aromatic heterocycles. The lowest BCUT2D eigenvalue weighted by Gasteiger charge is -2.21. The van der Waals surface area contributed by atoms with E-state index >= 15 is 0 Å². The molecule has 1 amide bonds. The largest absolute Gasteiger partial charge is 0.375 e. The Labute approximate surface area is 132 Å². The summed E-state index contributed by atoms with van der Waals surface area (Å²) in [5.74, 6) is -0.874. The van der Waals surface area contributed by atoms with E-state index in [4.69, 9.17) is 11.6 Å². The van der Waals surface area contributed by atoms with E-state index in [0.29, 0.717) is 21.8 Å². The summed E-state index contributed by atoms with van der Waals surface area (Å²) in [7, 11) is 1.58. The number of para-hydroxylation sites is 1. The van der Waals surface area contributed by atoms with Gasteiger partial charge in [-0.15, -0.1) is 0 Å². The summed E-state index contributed by atoms with van der Waals surface area (Å²) in [5.41, 5.74) is -0.482. The fourth-order valence-electron chi connectivity index (χ4n) is 2.80. The maximum absolute atomic E-state index is 12.5. The highest BCUT2D eigenvalue weighted by atomic mass is 35.5. The average molecular weight is 316 g/mol. The second-order valence-electron chi connectivity index (χ2n) is 5.32. The molecule has 0 radical (unpaired) electrons. The van der Waals surface area contributed by atoms with Crippen molar-refractivity contribution in [2.45, 2.75) is 12.0 Å². The Balaban J connectivity index is 2.00. The molecule has 4 nitrogen and oxygen atoms in total. The summed E-state index contributed by atoms with van der Waals surface area (Å²) in [5, 5.41) is 11.2. The summed E-state index contributed by atoms with van der Waals surface area (Å²) in [6.07, 6.45) is -0.336. The van der Waals surface area contributed by atoms with Crippen LogP contribution in [0.1, 0.15) is 22.3 Å². The summed E-state index contributed by atoms with van der Waals surface area (Å²) < 4.78 is 0. The zero-order valence-corrected chi connectivity index (χ0v) is 12.7. The number of Topliss-reactive ketones (excluding diaryl/α,β-unsaturated/α-hetero) is 1. The first kappa shape index (κ1) is 14.8. The van der Waals surface area contributed by atoms with Crippen molar-refractivity contribution in [2.24, 2.45) is 0 Å². The number of rotatable bonds is 3. The molecule has 0 fully saturated rings. The molecule has 1 N–H and O–H groups in total. The number of ketones is 1. The van der Waals surface area contributed by atoms with Crippen LogP contribution in [0.5, 0.6) is 0 Å². The van der Waals surface area contributed by atoms with E-state index in [-0.39, 0.29) is 12.2 Å². The number of aliphatic hydroxyl groups is 1. The van der Waals surface area contributed by atoms with Crippen LogP contribution in [0, 0.1) is 0 Å². The van der Waals surface area contributed by atoms with Gasteiger partial charge in [0.25, 0.3) is 5.91 Å². The Bertz CT molecular complexity index is 774. The first-order valence-electron chi connectivity index (χ1n) is 6.83. The molecule has 0 saturated heterocycles. The lowest BCUT2D eigenvalue weighted by Crippen LogP contribution is -2.40. The Hall–Kier alpha value is -2.17. The number of fused-ring (bicyclic) bond motifs is 1. The SMILES string of the molecule is CN1C(=O)C(O)(CC(=O)c2ccccc2Cl)c2ccccc21. The van der Waals surface area contributed by atoms with Crippen LogP contribution < -0.4 is 4.90 Å². The summed E-state index contributed by atoms with van der Waals surface area (Å²) >= 11 is 6.02. The Morgan fingerprint density at radius 2 is 1.82 bits per heavy atom. The molecule has 0 spiro atoms. The highest BCUT2D eigenvalue weighted by Gasteiger charge is 2.49. The van der Waals surface area contributed by atoms with Crippen molar-refractivity contribution < 1.29 is 14.7 Å². The number of likely N-dealkylation sites (N-methyl/N-ethyl adjacent to an activating group) is 1. The fourth-order valence-corrected chi connectivity index (χ4v) is 3.04. The minimum absolute atomic E-state index is 0.303. The van der Waals surface area contributed by atoms with Gasteiger partial charge in [0.05, 0.1) is 17.1 Å². The van der Waals surface area contributed by atoms with Crippen LogP contribution in [0.2, 0.25) is 5.02 Å². The number of carbonyl (C=O) groups excluding carboxylic acids is 2. The second kappa shape index (κ2) is 5.23. The lowest BCUT2D eigenvalue weighted by molar-refractivity contribution is -0.135. The van der Waals surface area contributed by atoms with E-state index in [9.17, 15) is 14.7 Å². The standard InChI is InChI=1S/C17H14ClNO3/c1-19-14-9-5-3-7-12(14)17(22,16(19)21)10-15(20)11-6-2-4-8-13(11)18/h2-9,22H,10H2,1H3. The number of halogens is 1. The van der Waals surface area contributed by atoms with Crippen LogP contribution in [0.3, 0.4) is 0 Å². The third kappa shape index (κ3) is 2.12. The van der Waals surface area contributed by atoms with Crippen molar-refractivity contribution >= 4 is 29.0 Å². The molecule has 3 rings (SSSR count). The zero-order valence-electron chi connectivity index (χ0n) is 11.9. The van der Waals surface area contributed by atoms with Gasteiger partial charge < -0.3 is 10.0 Å². The van der Waals surface area contributed by atoms with E-state index in [1.165, 1.54) is 4.90 Å². The molecule has 2 aromatic rings. The lowest BCUT2D eigenvalue weighted by atomic mass is 9.88. The summed E-state index contributed by atoms with van der Waals surface area (Å²) in [6, 6.07) is 13.5. The van der Waals surface area contributed by atoms with Crippen molar-refractivity contribution in [2.75, 3.05) is 11.9 Å². The molecule has 22 heavy (non-hydrogen) atoms. The number of hydrogen-bond donors (Lipinski definition) is 1. The average Bonchev–Trinajstić information content (AvgIpc) is 2.70. The molecule has 1 heterocycles. The molecule has 112 valence electrons. The number of carbonyl (C=O) groups is 2. The van der Waals surface area contributed by atoms with Gasteiger partial charge in [0, 0.05) is 18.2 Å². The van der Waals surface area contributed by atoms with Gasteiger partial charge in [0.2, 0.25) is 0 Å². The molecule has 5 heteroatoms. The number of nitrogens with zero attached hydrogens (tertiary/aromatic N) is 1. The van der Waals surface area contributed by atoms with E-state index in [0.717, 1.165) is 0 Å². The quantitative estimate of drug-likeness (QED) is 0.886. The highest BCUT2D eigenvalue weighted by molar-refractivity contribution is 6.34. The Morgan fingerprint density at radius 3 is 2.55 bits per heavy atom. The Morgan fingerprint density at radius 1 is 1.18 bits per heavy atom. The van der Waals surface area contributed by atoms with Gasteiger partial charge in [0.15, 0.2) is 11.4 Å². The van der Waals surface area contributed by atoms with Crippen molar-refractivity contribution in [3.05, 3.63) is 64.7 Å². The van der Waals surface area contributed by atoms with E-state index in [1.807, 2.05) is 0 Å². The molecule has 1 aliphatic heterocycles.